The van der Waals surface area contributed by atoms with Gasteiger partial charge in [-0.25, -0.2) is 0 Å². The minimum absolute atomic E-state index is 0.00571. The van der Waals surface area contributed by atoms with Gasteiger partial charge < -0.3 is 14.4 Å². The third-order valence-corrected chi connectivity index (χ3v) is 4.98. The standard InChI is InChI=1S/C16H26N2O3/c1-2-20-16(10-6-7-11-16)15-17-14(21-18-15)12-8-4-3-5-9-13(12)19/h12-13,19H,2-11H2,1H3. The fraction of sp³-hybridized carbons (Fsp3) is 0.875. The first-order chi connectivity index (χ1) is 10.2. The Bertz CT molecular complexity index is 454. The van der Waals surface area contributed by atoms with Crippen LogP contribution in [-0.4, -0.2) is 28.0 Å². The van der Waals surface area contributed by atoms with Gasteiger partial charge in [0.1, 0.15) is 5.60 Å². The molecule has 2 atom stereocenters. The van der Waals surface area contributed by atoms with Crippen molar-refractivity contribution in [3.8, 4) is 0 Å². The molecule has 1 N–H and O–H groups in total. The molecule has 2 saturated carbocycles. The van der Waals surface area contributed by atoms with Crippen LogP contribution >= 0.6 is 0 Å². The van der Waals surface area contributed by atoms with Gasteiger partial charge in [0, 0.05) is 6.61 Å². The first kappa shape index (κ1) is 15.0. The van der Waals surface area contributed by atoms with Crippen LogP contribution in [0.5, 0.6) is 0 Å². The summed E-state index contributed by atoms with van der Waals surface area (Å²) >= 11 is 0. The van der Waals surface area contributed by atoms with Crippen LogP contribution in [0.2, 0.25) is 0 Å². The number of aliphatic hydroxyl groups is 1. The lowest BCUT2D eigenvalue weighted by Gasteiger charge is -2.24. The maximum absolute atomic E-state index is 10.3. The summed E-state index contributed by atoms with van der Waals surface area (Å²) in [5, 5.41) is 14.5. The molecular formula is C16H26N2O3. The van der Waals surface area contributed by atoms with Crippen molar-refractivity contribution in [2.45, 2.75) is 82.3 Å². The number of aromatic nitrogens is 2. The van der Waals surface area contributed by atoms with Crippen molar-refractivity contribution in [1.29, 1.82) is 0 Å². The summed E-state index contributed by atoms with van der Waals surface area (Å²) in [6.45, 7) is 2.67. The number of aliphatic hydroxyl groups excluding tert-OH is 1. The van der Waals surface area contributed by atoms with Gasteiger partial charge in [-0.2, -0.15) is 4.98 Å². The monoisotopic (exact) mass is 294 g/mol. The summed E-state index contributed by atoms with van der Waals surface area (Å²) in [7, 11) is 0. The second-order valence-electron chi connectivity index (χ2n) is 6.40. The minimum atomic E-state index is -0.355. The maximum atomic E-state index is 10.3. The Kier molecular flexibility index (Phi) is 4.60. The van der Waals surface area contributed by atoms with Crippen LogP contribution in [-0.2, 0) is 10.3 Å². The number of ether oxygens (including phenoxy) is 1. The van der Waals surface area contributed by atoms with Crippen molar-refractivity contribution in [2.75, 3.05) is 6.61 Å². The summed E-state index contributed by atoms with van der Waals surface area (Å²) in [6.07, 6.45) is 9.03. The lowest BCUT2D eigenvalue weighted by Crippen LogP contribution is -2.28. The van der Waals surface area contributed by atoms with E-state index in [2.05, 4.69) is 10.1 Å². The van der Waals surface area contributed by atoms with E-state index in [9.17, 15) is 5.11 Å². The molecule has 118 valence electrons. The quantitative estimate of drug-likeness (QED) is 0.863. The van der Waals surface area contributed by atoms with Crippen LogP contribution in [0.15, 0.2) is 4.52 Å². The topological polar surface area (TPSA) is 68.4 Å². The van der Waals surface area contributed by atoms with E-state index in [1.807, 2.05) is 6.92 Å². The SMILES string of the molecule is CCOC1(c2noc(C3CCCCCC3O)n2)CCCC1. The zero-order chi connectivity index (χ0) is 14.7. The molecule has 21 heavy (non-hydrogen) atoms. The first-order valence-corrected chi connectivity index (χ1v) is 8.41. The molecule has 1 aromatic heterocycles. The maximum Gasteiger partial charge on any atom is 0.232 e. The van der Waals surface area contributed by atoms with Crippen LogP contribution in [0.4, 0.5) is 0 Å². The van der Waals surface area contributed by atoms with E-state index in [-0.39, 0.29) is 17.6 Å². The van der Waals surface area contributed by atoms with Crippen molar-refractivity contribution in [3.63, 3.8) is 0 Å². The molecule has 0 aromatic carbocycles. The zero-order valence-corrected chi connectivity index (χ0v) is 12.9. The van der Waals surface area contributed by atoms with E-state index < -0.39 is 0 Å². The second kappa shape index (κ2) is 6.44. The Morgan fingerprint density at radius 2 is 1.95 bits per heavy atom. The number of hydrogen-bond acceptors (Lipinski definition) is 5. The highest BCUT2D eigenvalue weighted by Gasteiger charge is 2.41. The van der Waals surface area contributed by atoms with Gasteiger partial charge in [-0.1, -0.05) is 24.4 Å². The summed E-state index contributed by atoms with van der Waals surface area (Å²) in [6, 6.07) is 0. The Labute approximate surface area is 126 Å². The predicted molar refractivity (Wildman–Crippen MR) is 77.9 cm³/mol. The third-order valence-electron chi connectivity index (χ3n) is 4.98. The third kappa shape index (κ3) is 2.99. The molecule has 5 heteroatoms. The highest BCUT2D eigenvalue weighted by molar-refractivity contribution is 5.07. The molecule has 0 saturated heterocycles. The van der Waals surface area contributed by atoms with Crippen molar-refractivity contribution in [3.05, 3.63) is 11.7 Å². The average molecular weight is 294 g/mol. The molecular weight excluding hydrogens is 268 g/mol. The molecule has 2 unspecified atom stereocenters. The fourth-order valence-electron chi connectivity index (χ4n) is 3.80. The van der Waals surface area contributed by atoms with Crippen LogP contribution in [0, 0.1) is 0 Å². The van der Waals surface area contributed by atoms with Gasteiger partial charge >= 0.3 is 0 Å². The summed E-state index contributed by atoms with van der Waals surface area (Å²) < 4.78 is 11.5. The van der Waals surface area contributed by atoms with Gasteiger partial charge in [0.2, 0.25) is 11.7 Å². The van der Waals surface area contributed by atoms with E-state index in [0.717, 1.165) is 51.4 Å². The summed E-state index contributed by atoms with van der Waals surface area (Å²) in [4.78, 5) is 4.64. The van der Waals surface area contributed by atoms with Crippen molar-refractivity contribution in [1.82, 2.24) is 10.1 Å². The van der Waals surface area contributed by atoms with Gasteiger partial charge in [-0.05, 0) is 45.4 Å². The largest absolute Gasteiger partial charge is 0.392 e. The number of hydrogen-bond donors (Lipinski definition) is 1. The molecule has 3 rings (SSSR count). The van der Waals surface area contributed by atoms with Gasteiger partial charge in [0.15, 0.2) is 0 Å². The fourth-order valence-corrected chi connectivity index (χ4v) is 3.80. The highest BCUT2D eigenvalue weighted by Crippen LogP contribution is 2.41. The van der Waals surface area contributed by atoms with E-state index in [1.165, 1.54) is 6.42 Å². The summed E-state index contributed by atoms with van der Waals surface area (Å²) in [5.41, 5.74) is -0.355. The molecule has 2 aliphatic rings. The Hall–Kier alpha value is -0.940. The molecule has 0 spiro atoms. The normalized spacial score (nSPS) is 29.4. The molecule has 1 aromatic rings. The van der Waals surface area contributed by atoms with E-state index in [0.29, 0.717) is 18.3 Å². The van der Waals surface area contributed by atoms with Crippen LogP contribution in [0.25, 0.3) is 0 Å². The van der Waals surface area contributed by atoms with Gasteiger partial charge in [0.05, 0.1) is 12.0 Å². The molecule has 5 nitrogen and oxygen atoms in total. The molecule has 2 aliphatic carbocycles. The van der Waals surface area contributed by atoms with E-state index in [1.54, 1.807) is 0 Å². The smallest absolute Gasteiger partial charge is 0.232 e. The first-order valence-electron chi connectivity index (χ1n) is 8.41. The molecule has 0 radical (unpaired) electrons. The Balaban J connectivity index is 1.81. The predicted octanol–water partition coefficient (Wildman–Crippen LogP) is 3.28. The second-order valence-corrected chi connectivity index (χ2v) is 6.40. The van der Waals surface area contributed by atoms with Crippen molar-refractivity contribution < 1.29 is 14.4 Å². The van der Waals surface area contributed by atoms with Crippen molar-refractivity contribution in [2.24, 2.45) is 0 Å². The van der Waals surface area contributed by atoms with Crippen molar-refractivity contribution >= 4 is 0 Å². The molecule has 0 aliphatic heterocycles. The molecule has 2 fully saturated rings. The van der Waals surface area contributed by atoms with E-state index >= 15 is 0 Å². The van der Waals surface area contributed by atoms with Crippen LogP contribution in [0.3, 0.4) is 0 Å². The minimum Gasteiger partial charge on any atom is -0.392 e. The van der Waals surface area contributed by atoms with Gasteiger partial charge in [-0.15, -0.1) is 0 Å². The van der Waals surface area contributed by atoms with Crippen LogP contribution < -0.4 is 0 Å². The van der Waals surface area contributed by atoms with Crippen LogP contribution in [0.1, 0.15) is 82.3 Å². The Morgan fingerprint density at radius 3 is 2.71 bits per heavy atom. The molecule has 0 amide bonds. The zero-order valence-electron chi connectivity index (χ0n) is 12.9. The Morgan fingerprint density at radius 1 is 1.19 bits per heavy atom. The summed E-state index contributed by atoms with van der Waals surface area (Å²) in [5.74, 6) is 1.28. The van der Waals surface area contributed by atoms with Gasteiger partial charge in [0.25, 0.3) is 0 Å². The molecule has 0 bridgehead atoms. The number of nitrogens with zero attached hydrogens (tertiary/aromatic N) is 2. The number of rotatable bonds is 4. The lowest BCUT2D eigenvalue weighted by atomic mass is 9.97. The molecule has 1 heterocycles. The average Bonchev–Trinajstić information content (AvgIpc) is 3.09. The lowest BCUT2D eigenvalue weighted by molar-refractivity contribution is -0.0469. The van der Waals surface area contributed by atoms with E-state index in [4.69, 9.17) is 9.26 Å². The highest BCUT2D eigenvalue weighted by atomic mass is 16.5. The van der Waals surface area contributed by atoms with Gasteiger partial charge in [-0.3, -0.25) is 0 Å².